The van der Waals surface area contributed by atoms with Crippen molar-refractivity contribution in [1.82, 2.24) is 15.1 Å². The second kappa shape index (κ2) is 9.15. The molecule has 6 heteroatoms. The zero-order chi connectivity index (χ0) is 19.2. The van der Waals surface area contributed by atoms with E-state index in [1.165, 1.54) is 11.1 Å². The fourth-order valence-electron chi connectivity index (χ4n) is 3.48. The Morgan fingerprint density at radius 1 is 1.30 bits per heavy atom. The second-order valence-corrected chi connectivity index (χ2v) is 8.04. The highest BCUT2D eigenvalue weighted by atomic mass is 32.1. The lowest BCUT2D eigenvalue weighted by molar-refractivity contribution is -0.129. The minimum Gasteiger partial charge on any atom is -0.354 e. The molecule has 0 bridgehead atoms. The molecule has 2 amide bonds. The molecule has 144 valence electrons. The van der Waals surface area contributed by atoms with Crippen LogP contribution in [0.5, 0.6) is 0 Å². The van der Waals surface area contributed by atoms with E-state index in [1.54, 1.807) is 11.3 Å². The van der Waals surface area contributed by atoms with Crippen LogP contribution in [0.2, 0.25) is 0 Å². The number of nitrogens with one attached hydrogen (secondary N) is 1. The van der Waals surface area contributed by atoms with Gasteiger partial charge in [-0.3, -0.25) is 9.59 Å². The number of thiophene rings is 1. The Kier molecular flexibility index (Phi) is 6.63. The summed E-state index contributed by atoms with van der Waals surface area (Å²) in [6.07, 6.45) is 1.13. The van der Waals surface area contributed by atoms with Gasteiger partial charge in [0.1, 0.15) is 0 Å². The maximum atomic E-state index is 12.6. The lowest BCUT2D eigenvalue weighted by Crippen LogP contribution is -2.38. The number of amides is 2. The van der Waals surface area contributed by atoms with E-state index < -0.39 is 0 Å². The van der Waals surface area contributed by atoms with Gasteiger partial charge in [-0.1, -0.05) is 30.3 Å². The molecule has 1 N–H and O–H groups in total. The van der Waals surface area contributed by atoms with Gasteiger partial charge in [0.2, 0.25) is 11.8 Å². The molecule has 1 aromatic carbocycles. The molecule has 2 unspecified atom stereocenters. The SMILES string of the molecule is CN(C)C(CNC(=O)C1CC(=O)N(CCc2ccccc2)C1)c1ccsc1. The molecule has 0 spiro atoms. The Morgan fingerprint density at radius 3 is 2.74 bits per heavy atom. The number of likely N-dealkylation sites (tertiary alicyclic amines) is 1. The number of hydrogen-bond acceptors (Lipinski definition) is 4. The summed E-state index contributed by atoms with van der Waals surface area (Å²) in [5.74, 6) is -0.195. The fourth-order valence-corrected chi connectivity index (χ4v) is 4.18. The van der Waals surface area contributed by atoms with E-state index in [2.05, 4.69) is 33.8 Å². The first-order valence-corrected chi connectivity index (χ1v) is 10.3. The third-order valence-corrected chi connectivity index (χ3v) is 5.82. The zero-order valence-electron chi connectivity index (χ0n) is 15.9. The van der Waals surface area contributed by atoms with Gasteiger partial charge in [0, 0.05) is 26.1 Å². The first-order chi connectivity index (χ1) is 13.0. The summed E-state index contributed by atoms with van der Waals surface area (Å²) in [7, 11) is 4.03. The number of benzene rings is 1. The first-order valence-electron chi connectivity index (χ1n) is 9.32. The van der Waals surface area contributed by atoms with Gasteiger partial charge in [-0.2, -0.15) is 11.3 Å². The summed E-state index contributed by atoms with van der Waals surface area (Å²) < 4.78 is 0. The van der Waals surface area contributed by atoms with Crippen molar-refractivity contribution >= 4 is 23.2 Å². The van der Waals surface area contributed by atoms with Crippen molar-refractivity contribution in [3.05, 3.63) is 58.3 Å². The minimum atomic E-state index is -0.251. The molecule has 2 atom stereocenters. The van der Waals surface area contributed by atoms with Gasteiger partial charge in [0.15, 0.2) is 0 Å². The molecule has 0 saturated carbocycles. The van der Waals surface area contributed by atoms with Crippen molar-refractivity contribution in [1.29, 1.82) is 0 Å². The Balaban J connectivity index is 1.49. The van der Waals surface area contributed by atoms with E-state index in [0.29, 0.717) is 26.1 Å². The molecular formula is C21H27N3O2S. The monoisotopic (exact) mass is 385 g/mol. The Hall–Kier alpha value is -2.18. The standard InChI is InChI=1S/C21H27N3O2S/c1-23(2)19(17-9-11-27-15-17)13-22-21(26)18-12-20(25)24(14-18)10-8-16-6-4-3-5-7-16/h3-7,9,11,15,18-19H,8,10,12-14H2,1-2H3,(H,22,26). The van der Waals surface area contributed by atoms with Crippen molar-refractivity contribution in [2.24, 2.45) is 5.92 Å². The van der Waals surface area contributed by atoms with Crippen molar-refractivity contribution < 1.29 is 9.59 Å². The van der Waals surface area contributed by atoms with Crippen molar-refractivity contribution in [2.45, 2.75) is 18.9 Å². The summed E-state index contributed by atoms with van der Waals surface area (Å²) in [6.45, 7) is 1.74. The van der Waals surface area contributed by atoms with Crippen LogP contribution in [-0.2, 0) is 16.0 Å². The van der Waals surface area contributed by atoms with Crippen LogP contribution in [0, 0.1) is 5.92 Å². The first kappa shape index (κ1) is 19.6. The lowest BCUT2D eigenvalue weighted by atomic mass is 10.1. The summed E-state index contributed by atoms with van der Waals surface area (Å²) in [6, 6.07) is 12.4. The van der Waals surface area contributed by atoms with E-state index in [0.717, 1.165) is 6.42 Å². The largest absolute Gasteiger partial charge is 0.354 e. The van der Waals surface area contributed by atoms with Gasteiger partial charge in [0.25, 0.3) is 0 Å². The summed E-state index contributed by atoms with van der Waals surface area (Å²) in [5.41, 5.74) is 2.42. The van der Waals surface area contributed by atoms with Gasteiger partial charge < -0.3 is 15.1 Å². The van der Waals surface area contributed by atoms with E-state index in [-0.39, 0.29) is 23.8 Å². The van der Waals surface area contributed by atoms with Crippen LogP contribution in [-0.4, -0.2) is 55.3 Å². The smallest absolute Gasteiger partial charge is 0.225 e. The van der Waals surface area contributed by atoms with E-state index in [1.807, 2.05) is 42.6 Å². The predicted octanol–water partition coefficient (Wildman–Crippen LogP) is 2.56. The molecular weight excluding hydrogens is 358 g/mol. The number of carbonyl (C=O) groups is 2. The van der Waals surface area contributed by atoms with Crippen LogP contribution < -0.4 is 5.32 Å². The van der Waals surface area contributed by atoms with Crippen LogP contribution in [0.15, 0.2) is 47.2 Å². The molecule has 0 radical (unpaired) electrons. The van der Waals surface area contributed by atoms with Gasteiger partial charge in [0.05, 0.1) is 12.0 Å². The highest BCUT2D eigenvalue weighted by Gasteiger charge is 2.34. The lowest BCUT2D eigenvalue weighted by Gasteiger charge is -2.24. The molecule has 1 saturated heterocycles. The van der Waals surface area contributed by atoms with Gasteiger partial charge in [-0.05, 0) is 48.5 Å². The number of hydrogen-bond donors (Lipinski definition) is 1. The predicted molar refractivity (Wildman–Crippen MR) is 109 cm³/mol. The van der Waals surface area contributed by atoms with E-state index in [9.17, 15) is 9.59 Å². The van der Waals surface area contributed by atoms with Crippen LogP contribution in [0.4, 0.5) is 0 Å². The number of rotatable bonds is 8. The highest BCUT2D eigenvalue weighted by Crippen LogP contribution is 2.22. The average Bonchev–Trinajstić information content (AvgIpc) is 3.31. The topological polar surface area (TPSA) is 52.7 Å². The summed E-state index contributed by atoms with van der Waals surface area (Å²) >= 11 is 1.66. The fraction of sp³-hybridized carbons (Fsp3) is 0.429. The molecule has 1 aromatic heterocycles. The molecule has 27 heavy (non-hydrogen) atoms. The van der Waals surface area contributed by atoms with Crippen LogP contribution in [0.3, 0.4) is 0 Å². The molecule has 3 rings (SSSR count). The number of nitrogens with zero attached hydrogens (tertiary/aromatic N) is 2. The molecule has 1 fully saturated rings. The van der Waals surface area contributed by atoms with E-state index in [4.69, 9.17) is 0 Å². The van der Waals surface area contributed by atoms with Gasteiger partial charge in [-0.15, -0.1) is 0 Å². The molecule has 1 aliphatic heterocycles. The van der Waals surface area contributed by atoms with Gasteiger partial charge >= 0.3 is 0 Å². The Bertz CT molecular complexity index is 746. The molecule has 0 aliphatic carbocycles. The quantitative estimate of drug-likeness (QED) is 0.760. The number of carbonyl (C=O) groups excluding carboxylic acids is 2. The maximum Gasteiger partial charge on any atom is 0.225 e. The van der Waals surface area contributed by atoms with Crippen LogP contribution in [0.25, 0.3) is 0 Å². The van der Waals surface area contributed by atoms with Crippen LogP contribution in [0.1, 0.15) is 23.6 Å². The van der Waals surface area contributed by atoms with E-state index >= 15 is 0 Å². The molecule has 2 aromatic rings. The normalized spacial score (nSPS) is 18.1. The maximum absolute atomic E-state index is 12.6. The van der Waals surface area contributed by atoms with Gasteiger partial charge in [-0.25, -0.2) is 0 Å². The second-order valence-electron chi connectivity index (χ2n) is 7.26. The molecule has 1 aliphatic rings. The number of likely N-dealkylation sites (N-methyl/N-ethyl adjacent to an activating group) is 1. The highest BCUT2D eigenvalue weighted by molar-refractivity contribution is 7.07. The third-order valence-electron chi connectivity index (χ3n) is 5.12. The van der Waals surface area contributed by atoms with Crippen molar-refractivity contribution in [2.75, 3.05) is 33.7 Å². The zero-order valence-corrected chi connectivity index (χ0v) is 16.7. The van der Waals surface area contributed by atoms with Crippen molar-refractivity contribution in [3.63, 3.8) is 0 Å². The summed E-state index contributed by atoms with van der Waals surface area (Å²) in [4.78, 5) is 28.8. The minimum absolute atomic E-state index is 0.0207. The summed E-state index contributed by atoms with van der Waals surface area (Å²) in [5, 5.41) is 7.22. The average molecular weight is 386 g/mol. The molecule has 2 heterocycles. The molecule has 5 nitrogen and oxygen atoms in total. The Morgan fingerprint density at radius 2 is 2.07 bits per heavy atom. The third kappa shape index (κ3) is 5.17. The van der Waals surface area contributed by atoms with Crippen LogP contribution >= 0.6 is 11.3 Å². The Labute approximate surface area is 165 Å². The van der Waals surface area contributed by atoms with Crippen molar-refractivity contribution in [3.8, 4) is 0 Å².